The van der Waals surface area contributed by atoms with E-state index >= 15 is 0 Å². The molecule has 0 radical (unpaired) electrons. The van der Waals surface area contributed by atoms with E-state index in [2.05, 4.69) is 43.4 Å². The lowest BCUT2D eigenvalue weighted by Crippen LogP contribution is -2.52. The van der Waals surface area contributed by atoms with Gasteiger partial charge in [-0.25, -0.2) is 0 Å². The maximum atomic E-state index is 3.34. The molecule has 1 aromatic carbocycles. The second-order valence-electron chi connectivity index (χ2n) is 4.52. The quantitative estimate of drug-likeness (QED) is 0.726. The van der Waals surface area contributed by atoms with E-state index in [4.69, 9.17) is 0 Å². The first-order valence-corrected chi connectivity index (χ1v) is 4.95. The highest BCUT2D eigenvalue weighted by atomic mass is 15.0. The first kappa shape index (κ1) is 8.76. The summed E-state index contributed by atoms with van der Waals surface area (Å²) in [5, 5.41) is 3.34. The predicted molar refractivity (Wildman–Crippen MR) is 55.9 cm³/mol. The molecule has 1 aliphatic heterocycles. The number of hydrogen-bond acceptors (Lipinski definition) is 1. The summed E-state index contributed by atoms with van der Waals surface area (Å²) in [6.45, 7) is 6.89. The van der Waals surface area contributed by atoms with Crippen molar-refractivity contribution >= 4 is 0 Å². The van der Waals surface area contributed by atoms with Crippen LogP contribution in [0.1, 0.15) is 18.1 Å². The first-order chi connectivity index (χ1) is 6.20. The zero-order chi connectivity index (χ0) is 9.31. The molecule has 13 heavy (non-hydrogen) atoms. The zero-order valence-corrected chi connectivity index (χ0v) is 8.43. The van der Waals surface area contributed by atoms with Crippen LogP contribution in [0.4, 0.5) is 0 Å². The molecule has 70 valence electrons. The Morgan fingerprint density at radius 1 is 1.31 bits per heavy atom. The molecular formula is C12H17N. The van der Waals surface area contributed by atoms with Crippen LogP contribution in [0.5, 0.6) is 0 Å². The Hall–Kier alpha value is -0.820. The van der Waals surface area contributed by atoms with Crippen LogP contribution in [-0.4, -0.2) is 13.1 Å². The van der Waals surface area contributed by atoms with Crippen molar-refractivity contribution in [1.29, 1.82) is 0 Å². The standard InChI is InChI=1S/C12H17N/c1-10-5-3-4-6-11(10)7-12(2)8-13-9-12/h3-6,13H,7-9H2,1-2H3. The van der Waals surface area contributed by atoms with Crippen molar-refractivity contribution in [1.82, 2.24) is 5.32 Å². The topological polar surface area (TPSA) is 12.0 Å². The molecule has 1 saturated heterocycles. The molecule has 2 rings (SSSR count). The molecule has 0 atom stereocenters. The van der Waals surface area contributed by atoms with Gasteiger partial charge in [0.25, 0.3) is 0 Å². The van der Waals surface area contributed by atoms with Crippen molar-refractivity contribution in [2.75, 3.05) is 13.1 Å². The third kappa shape index (κ3) is 1.75. The van der Waals surface area contributed by atoms with Crippen molar-refractivity contribution < 1.29 is 0 Å². The Bertz CT molecular complexity index is 300. The summed E-state index contributed by atoms with van der Waals surface area (Å²) in [6, 6.07) is 8.70. The van der Waals surface area contributed by atoms with Crippen LogP contribution >= 0.6 is 0 Å². The smallest absolute Gasteiger partial charge is 0.00208 e. The number of benzene rings is 1. The van der Waals surface area contributed by atoms with Gasteiger partial charge in [0, 0.05) is 13.1 Å². The summed E-state index contributed by atoms with van der Waals surface area (Å²) in [4.78, 5) is 0. The lowest BCUT2D eigenvalue weighted by Gasteiger charge is -2.39. The minimum atomic E-state index is 0.506. The third-order valence-electron chi connectivity index (χ3n) is 2.98. The van der Waals surface area contributed by atoms with Crippen LogP contribution in [0.25, 0.3) is 0 Å². The highest BCUT2D eigenvalue weighted by molar-refractivity contribution is 5.27. The van der Waals surface area contributed by atoms with Crippen LogP contribution in [0.2, 0.25) is 0 Å². The van der Waals surface area contributed by atoms with E-state index in [1.807, 2.05) is 0 Å². The molecule has 0 saturated carbocycles. The van der Waals surface area contributed by atoms with E-state index < -0.39 is 0 Å². The fraction of sp³-hybridized carbons (Fsp3) is 0.500. The molecule has 1 aromatic rings. The number of hydrogen-bond donors (Lipinski definition) is 1. The van der Waals surface area contributed by atoms with Crippen LogP contribution in [0, 0.1) is 12.3 Å². The lowest BCUT2D eigenvalue weighted by atomic mass is 9.77. The minimum absolute atomic E-state index is 0.506. The summed E-state index contributed by atoms with van der Waals surface area (Å²) in [7, 11) is 0. The fourth-order valence-corrected chi connectivity index (χ4v) is 1.94. The monoisotopic (exact) mass is 175 g/mol. The highest BCUT2D eigenvalue weighted by Crippen LogP contribution is 2.27. The fourth-order valence-electron chi connectivity index (χ4n) is 1.94. The molecule has 0 amide bonds. The van der Waals surface area contributed by atoms with E-state index in [1.165, 1.54) is 30.6 Å². The average Bonchev–Trinajstić information content (AvgIpc) is 2.06. The largest absolute Gasteiger partial charge is 0.316 e. The van der Waals surface area contributed by atoms with Gasteiger partial charge < -0.3 is 5.32 Å². The maximum absolute atomic E-state index is 3.34. The molecule has 1 N–H and O–H groups in total. The Kier molecular flexibility index (Phi) is 2.12. The van der Waals surface area contributed by atoms with Gasteiger partial charge in [0.1, 0.15) is 0 Å². The van der Waals surface area contributed by atoms with Gasteiger partial charge in [-0.1, -0.05) is 31.2 Å². The van der Waals surface area contributed by atoms with E-state index in [9.17, 15) is 0 Å². The molecule has 1 fully saturated rings. The molecule has 0 spiro atoms. The summed E-state index contributed by atoms with van der Waals surface area (Å²) < 4.78 is 0. The zero-order valence-electron chi connectivity index (χ0n) is 8.43. The molecule has 1 aliphatic rings. The van der Waals surface area contributed by atoms with Gasteiger partial charge in [-0.15, -0.1) is 0 Å². The average molecular weight is 175 g/mol. The van der Waals surface area contributed by atoms with E-state index in [0.717, 1.165) is 0 Å². The summed E-state index contributed by atoms with van der Waals surface area (Å²) in [5.41, 5.74) is 3.44. The van der Waals surface area contributed by atoms with Crippen LogP contribution in [-0.2, 0) is 6.42 Å². The first-order valence-electron chi connectivity index (χ1n) is 4.95. The number of rotatable bonds is 2. The third-order valence-corrected chi connectivity index (χ3v) is 2.98. The molecule has 0 aliphatic carbocycles. The van der Waals surface area contributed by atoms with Crippen LogP contribution < -0.4 is 5.32 Å². The van der Waals surface area contributed by atoms with Crippen molar-refractivity contribution in [3.8, 4) is 0 Å². The van der Waals surface area contributed by atoms with E-state index in [0.29, 0.717) is 5.41 Å². The van der Waals surface area contributed by atoms with Crippen molar-refractivity contribution in [2.45, 2.75) is 20.3 Å². The van der Waals surface area contributed by atoms with Crippen LogP contribution in [0.15, 0.2) is 24.3 Å². The van der Waals surface area contributed by atoms with Gasteiger partial charge in [0.15, 0.2) is 0 Å². The number of nitrogens with one attached hydrogen (secondary N) is 1. The summed E-state index contributed by atoms with van der Waals surface area (Å²) in [5.74, 6) is 0. The Labute approximate surface area is 80.2 Å². The number of aryl methyl sites for hydroxylation is 1. The van der Waals surface area contributed by atoms with Gasteiger partial charge in [0.05, 0.1) is 0 Å². The van der Waals surface area contributed by atoms with Gasteiger partial charge >= 0.3 is 0 Å². The molecule has 0 bridgehead atoms. The molecule has 1 heterocycles. The van der Waals surface area contributed by atoms with E-state index in [-0.39, 0.29) is 0 Å². The minimum Gasteiger partial charge on any atom is -0.316 e. The maximum Gasteiger partial charge on any atom is 0.00208 e. The second kappa shape index (κ2) is 3.15. The van der Waals surface area contributed by atoms with Gasteiger partial charge in [0.2, 0.25) is 0 Å². The van der Waals surface area contributed by atoms with E-state index in [1.54, 1.807) is 0 Å². The molecule has 1 heteroatoms. The predicted octanol–water partition coefficient (Wildman–Crippen LogP) is 2.15. The Morgan fingerprint density at radius 3 is 2.54 bits per heavy atom. The van der Waals surface area contributed by atoms with Gasteiger partial charge in [-0.3, -0.25) is 0 Å². The molecular weight excluding hydrogens is 158 g/mol. The summed E-state index contributed by atoms with van der Waals surface area (Å²) >= 11 is 0. The lowest BCUT2D eigenvalue weighted by molar-refractivity contribution is 0.195. The normalized spacial score (nSPS) is 19.5. The van der Waals surface area contributed by atoms with Gasteiger partial charge in [-0.2, -0.15) is 0 Å². The van der Waals surface area contributed by atoms with Crippen molar-refractivity contribution in [2.24, 2.45) is 5.41 Å². The SMILES string of the molecule is Cc1ccccc1CC1(C)CNC1. The second-order valence-corrected chi connectivity index (χ2v) is 4.52. The van der Waals surface area contributed by atoms with Crippen molar-refractivity contribution in [3.05, 3.63) is 35.4 Å². The molecule has 1 nitrogen and oxygen atoms in total. The highest BCUT2D eigenvalue weighted by Gasteiger charge is 2.31. The van der Waals surface area contributed by atoms with Crippen molar-refractivity contribution in [3.63, 3.8) is 0 Å². The Balaban J connectivity index is 2.13. The van der Waals surface area contributed by atoms with Gasteiger partial charge in [-0.05, 0) is 29.9 Å². The molecule has 0 unspecified atom stereocenters. The Morgan fingerprint density at radius 2 is 2.00 bits per heavy atom. The summed E-state index contributed by atoms with van der Waals surface area (Å²) in [6.07, 6.45) is 1.21. The van der Waals surface area contributed by atoms with Crippen LogP contribution in [0.3, 0.4) is 0 Å². The molecule has 0 aromatic heterocycles.